The number of ether oxygens (including phenoxy) is 4. The van der Waals surface area contributed by atoms with E-state index in [9.17, 15) is 5.11 Å². The topological polar surface area (TPSA) is 57.2 Å². The van der Waals surface area contributed by atoms with E-state index < -0.39 is 6.29 Å². The Morgan fingerprint density at radius 1 is 1.00 bits per heavy atom. The molecule has 0 aromatic rings. The summed E-state index contributed by atoms with van der Waals surface area (Å²) in [7, 11) is 3.44. The van der Waals surface area contributed by atoms with Gasteiger partial charge in [-0.15, -0.1) is 0 Å². The molecule has 0 aromatic heterocycles. The van der Waals surface area contributed by atoms with Crippen molar-refractivity contribution in [1.82, 2.24) is 0 Å². The molecule has 0 bridgehead atoms. The summed E-state index contributed by atoms with van der Waals surface area (Å²) in [5, 5.41) is 10.1. The van der Waals surface area contributed by atoms with Crippen LogP contribution in [0.5, 0.6) is 0 Å². The monoisotopic (exact) mass is 360 g/mol. The molecule has 1 fully saturated rings. The third-order valence-corrected chi connectivity index (χ3v) is 5.43. The molecular formula is C20H40O5. The van der Waals surface area contributed by atoms with Crippen molar-refractivity contribution in [3.8, 4) is 0 Å². The van der Waals surface area contributed by atoms with Gasteiger partial charge in [0.2, 0.25) is 0 Å². The Hall–Kier alpha value is -0.200. The fraction of sp³-hybridized carbons (Fsp3) is 1.00. The number of methoxy groups -OCH3 is 2. The summed E-state index contributed by atoms with van der Waals surface area (Å²) in [5.41, 5.74) is 0. The fourth-order valence-corrected chi connectivity index (χ4v) is 3.63. The first-order chi connectivity index (χ1) is 12.0. The average molecular weight is 361 g/mol. The zero-order chi connectivity index (χ0) is 18.7. The SMILES string of the molecule is CCCCCCC[C@H](CCO[C@H]1[C@H](C)[C@@H](COC)OC(O)[C@@H]1C)OC. The maximum Gasteiger partial charge on any atom is 0.160 e. The van der Waals surface area contributed by atoms with E-state index in [0.717, 1.165) is 12.8 Å². The van der Waals surface area contributed by atoms with E-state index >= 15 is 0 Å². The summed E-state index contributed by atoms with van der Waals surface area (Å²) in [5.74, 6) is 0.145. The highest BCUT2D eigenvalue weighted by Gasteiger charge is 2.41. The number of hydrogen-bond donors (Lipinski definition) is 1. The number of hydrogen-bond acceptors (Lipinski definition) is 5. The lowest BCUT2D eigenvalue weighted by Gasteiger charge is -2.42. The third kappa shape index (κ3) is 7.92. The molecule has 1 unspecified atom stereocenters. The maximum absolute atomic E-state index is 10.1. The molecule has 25 heavy (non-hydrogen) atoms. The minimum atomic E-state index is -0.793. The van der Waals surface area contributed by atoms with Gasteiger partial charge in [0.1, 0.15) is 0 Å². The van der Waals surface area contributed by atoms with Crippen LogP contribution in [0.2, 0.25) is 0 Å². The predicted molar refractivity (Wildman–Crippen MR) is 99.6 cm³/mol. The van der Waals surface area contributed by atoms with Crippen LogP contribution in [0.25, 0.3) is 0 Å². The summed E-state index contributed by atoms with van der Waals surface area (Å²) < 4.78 is 22.6. The van der Waals surface area contributed by atoms with Crippen molar-refractivity contribution < 1.29 is 24.1 Å². The highest BCUT2D eigenvalue weighted by atomic mass is 16.6. The van der Waals surface area contributed by atoms with Crippen LogP contribution < -0.4 is 0 Å². The molecule has 0 amide bonds. The maximum atomic E-state index is 10.1. The van der Waals surface area contributed by atoms with Gasteiger partial charge in [-0.2, -0.15) is 0 Å². The Morgan fingerprint density at radius 2 is 1.72 bits per heavy atom. The second kappa shape index (κ2) is 13.0. The molecule has 0 radical (unpaired) electrons. The van der Waals surface area contributed by atoms with Crippen LogP contribution >= 0.6 is 0 Å². The van der Waals surface area contributed by atoms with Crippen molar-refractivity contribution in [3.63, 3.8) is 0 Å². The lowest BCUT2D eigenvalue weighted by Crippen LogP contribution is -2.51. The van der Waals surface area contributed by atoms with E-state index in [1.807, 2.05) is 6.92 Å². The molecule has 0 spiro atoms. The average Bonchev–Trinajstić information content (AvgIpc) is 2.60. The first kappa shape index (κ1) is 22.8. The molecule has 0 aliphatic carbocycles. The van der Waals surface area contributed by atoms with Crippen molar-refractivity contribution in [1.29, 1.82) is 0 Å². The molecule has 0 saturated carbocycles. The van der Waals surface area contributed by atoms with Gasteiger partial charge in [-0.25, -0.2) is 0 Å². The van der Waals surface area contributed by atoms with Crippen LogP contribution in [-0.2, 0) is 18.9 Å². The highest BCUT2D eigenvalue weighted by Crippen LogP contribution is 2.31. The molecule has 1 aliphatic heterocycles. The summed E-state index contributed by atoms with van der Waals surface area (Å²) in [4.78, 5) is 0. The third-order valence-electron chi connectivity index (χ3n) is 5.43. The molecule has 6 atom stereocenters. The minimum Gasteiger partial charge on any atom is -0.382 e. The van der Waals surface area contributed by atoms with E-state index in [1.165, 1.54) is 32.1 Å². The van der Waals surface area contributed by atoms with E-state index in [-0.39, 0.29) is 30.1 Å². The molecule has 1 heterocycles. The fourth-order valence-electron chi connectivity index (χ4n) is 3.63. The Balaban J connectivity index is 2.35. The number of unbranched alkanes of at least 4 members (excludes halogenated alkanes) is 4. The van der Waals surface area contributed by atoms with Crippen molar-refractivity contribution in [2.45, 2.75) is 90.3 Å². The Bertz CT molecular complexity index is 325. The normalized spacial score (nSPS) is 31.2. The van der Waals surface area contributed by atoms with Crippen LogP contribution in [0.15, 0.2) is 0 Å². The second-order valence-corrected chi connectivity index (χ2v) is 7.42. The molecule has 1 rings (SSSR count). The minimum absolute atomic E-state index is 0.0223. The van der Waals surface area contributed by atoms with Crippen LogP contribution in [-0.4, -0.2) is 57.1 Å². The Kier molecular flexibility index (Phi) is 11.9. The number of aliphatic hydroxyl groups is 1. The first-order valence-corrected chi connectivity index (χ1v) is 10.0. The molecule has 5 heteroatoms. The van der Waals surface area contributed by atoms with Crippen molar-refractivity contribution in [3.05, 3.63) is 0 Å². The van der Waals surface area contributed by atoms with Crippen LogP contribution in [0.1, 0.15) is 65.7 Å². The highest BCUT2D eigenvalue weighted by molar-refractivity contribution is 4.85. The quantitative estimate of drug-likeness (QED) is 0.507. The van der Waals surface area contributed by atoms with E-state index in [2.05, 4.69) is 13.8 Å². The van der Waals surface area contributed by atoms with Crippen LogP contribution in [0, 0.1) is 11.8 Å². The van der Waals surface area contributed by atoms with Gasteiger partial charge >= 0.3 is 0 Å². The Morgan fingerprint density at radius 3 is 2.36 bits per heavy atom. The van der Waals surface area contributed by atoms with Gasteiger partial charge in [0.15, 0.2) is 6.29 Å². The van der Waals surface area contributed by atoms with Gasteiger partial charge in [-0.1, -0.05) is 52.9 Å². The summed E-state index contributed by atoms with van der Waals surface area (Å²) >= 11 is 0. The molecular weight excluding hydrogens is 320 g/mol. The van der Waals surface area contributed by atoms with Crippen molar-refractivity contribution in [2.75, 3.05) is 27.4 Å². The van der Waals surface area contributed by atoms with Gasteiger partial charge in [0.05, 0.1) is 24.9 Å². The summed E-state index contributed by atoms with van der Waals surface area (Å²) in [6, 6.07) is 0. The predicted octanol–water partition coefficient (Wildman–Crippen LogP) is 3.77. The van der Waals surface area contributed by atoms with Gasteiger partial charge in [0.25, 0.3) is 0 Å². The lowest BCUT2D eigenvalue weighted by atomic mass is 9.86. The smallest absolute Gasteiger partial charge is 0.160 e. The first-order valence-electron chi connectivity index (χ1n) is 10.0. The van der Waals surface area contributed by atoms with Crippen LogP contribution in [0.4, 0.5) is 0 Å². The van der Waals surface area contributed by atoms with Crippen LogP contribution in [0.3, 0.4) is 0 Å². The molecule has 5 nitrogen and oxygen atoms in total. The van der Waals surface area contributed by atoms with Gasteiger partial charge in [0, 0.05) is 32.7 Å². The largest absolute Gasteiger partial charge is 0.382 e. The standard InChI is InChI=1S/C20H40O5/c1-6-7-8-9-10-11-17(23-5)12-13-24-19-15(2)18(14-22-4)25-20(21)16(19)3/h15-21H,6-14H2,1-5H3/t15-,16-,17-,18-,19+,20?/m1/s1. The van der Waals surface area contributed by atoms with Crippen molar-refractivity contribution >= 4 is 0 Å². The Labute approximate surface area is 154 Å². The second-order valence-electron chi connectivity index (χ2n) is 7.42. The lowest BCUT2D eigenvalue weighted by molar-refractivity contribution is -0.258. The molecule has 150 valence electrons. The van der Waals surface area contributed by atoms with Gasteiger partial charge < -0.3 is 24.1 Å². The zero-order valence-corrected chi connectivity index (χ0v) is 16.9. The molecule has 1 N–H and O–H groups in total. The molecule has 1 saturated heterocycles. The van der Waals surface area contributed by atoms with Gasteiger partial charge in [-0.3, -0.25) is 0 Å². The van der Waals surface area contributed by atoms with E-state index in [4.69, 9.17) is 18.9 Å². The van der Waals surface area contributed by atoms with E-state index in [0.29, 0.717) is 13.2 Å². The summed E-state index contributed by atoms with van der Waals surface area (Å²) in [6.45, 7) is 7.46. The number of aliphatic hydroxyl groups excluding tert-OH is 1. The molecule has 0 aromatic carbocycles. The van der Waals surface area contributed by atoms with Crippen molar-refractivity contribution in [2.24, 2.45) is 11.8 Å². The number of rotatable bonds is 13. The van der Waals surface area contributed by atoms with E-state index in [1.54, 1.807) is 14.2 Å². The zero-order valence-electron chi connectivity index (χ0n) is 16.9. The van der Waals surface area contributed by atoms with Gasteiger partial charge in [-0.05, 0) is 12.8 Å². The molecule has 1 aliphatic rings. The summed E-state index contributed by atoms with van der Waals surface area (Å²) in [6.07, 6.45) is 7.73.